The van der Waals surface area contributed by atoms with E-state index in [0.29, 0.717) is 6.04 Å². The van der Waals surface area contributed by atoms with Crippen LogP contribution in [0.25, 0.3) is 0 Å². The van der Waals surface area contributed by atoms with Crippen molar-refractivity contribution >= 4 is 0 Å². The smallest absolute Gasteiger partial charge is 0.0581 e. The summed E-state index contributed by atoms with van der Waals surface area (Å²) in [6, 6.07) is 4.90. The van der Waals surface area contributed by atoms with Gasteiger partial charge in [-0.3, -0.25) is 5.32 Å². The van der Waals surface area contributed by atoms with Gasteiger partial charge in [0, 0.05) is 6.04 Å². The lowest BCUT2D eigenvalue weighted by Gasteiger charge is -2.17. The highest BCUT2D eigenvalue weighted by molar-refractivity contribution is 5.38. The van der Waals surface area contributed by atoms with E-state index in [1.165, 1.54) is 22.3 Å². The first-order valence-electron chi connectivity index (χ1n) is 5.77. The van der Waals surface area contributed by atoms with Gasteiger partial charge in [-0.2, -0.15) is 0 Å². The molecule has 0 aromatic heterocycles. The fraction of sp³-hybridized carbons (Fsp3) is 0.467. The minimum atomic E-state index is 0.361. The van der Waals surface area contributed by atoms with E-state index in [2.05, 4.69) is 57.0 Å². The summed E-state index contributed by atoms with van der Waals surface area (Å²) >= 11 is 0. The highest BCUT2D eigenvalue weighted by Crippen LogP contribution is 2.21. The molecule has 0 heterocycles. The highest BCUT2D eigenvalue weighted by atomic mass is 14.9. The molecule has 0 spiro atoms. The second kappa shape index (κ2) is 5.72. The van der Waals surface area contributed by atoms with Gasteiger partial charge in [0.1, 0.15) is 0 Å². The van der Waals surface area contributed by atoms with Crippen molar-refractivity contribution in [3.8, 4) is 11.8 Å². The Morgan fingerprint density at radius 2 is 1.75 bits per heavy atom. The molecule has 0 radical (unpaired) electrons. The van der Waals surface area contributed by atoms with Crippen LogP contribution in [0.4, 0.5) is 0 Å². The van der Waals surface area contributed by atoms with E-state index in [0.717, 1.165) is 6.54 Å². The van der Waals surface area contributed by atoms with Crippen molar-refractivity contribution in [2.24, 2.45) is 0 Å². The maximum absolute atomic E-state index is 3.41. The maximum atomic E-state index is 3.41. The van der Waals surface area contributed by atoms with Gasteiger partial charge in [-0.25, -0.2) is 0 Å². The maximum Gasteiger partial charge on any atom is 0.0581 e. The Labute approximate surface area is 99.3 Å². The first kappa shape index (κ1) is 12.8. The zero-order valence-electron chi connectivity index (χ0n) is 10.9. The van der Waals surface area contributed by atoms with Crippen molar-refractivity contribution in [1.29, 1.82) is 0 Å². The minimum absolute atomic E-state index is 0.361. The first-order valence-corrected chi connectivity index (χ1v) is 5.77. The summed E-state index contributed by atoms with van der Waals surface area (Å²) in [5.41, 5.74) is 5.45. The minimum Gasteiger partial charge on any atom is -0.300 e. The summed E-state index contributed by atoms with van der Waals surface area (Å²) in [5, 5.41) is 3.41. The number of hydrogen-bond acceptors (Lipinski definition) is 1. The van der Waals surface area contributed by atoms with Gasteiger partial charge < -0.3 is 0 Å². The summed E-state index contributed by atoms with van der Waals surface area (Å²) in [6.07, 6.45) is 0. The molecule has 1 atom stereocenters. The molecule has 1 nitrogen and oxygen atoms in total. The van der Waals surface area contributed by atoms with Crippen LogP contribution in [0, 0.1) is 32.6 Å². The predicted molar refractivity (Wildman–Crippen MR) is 70.5 cm³/mol. The van der Waals surface area contributed by atoms with E-state index in [4.69, 9.17) is 0 Å². The van der Waals surface area contributed by atoms with Crippen molar-refractivity contribution in [2.45, 2.75) is 40.7 Å². The van der Waals surface area contributed by atoms with Crippen LogP contribution >= 0.6 is 0 Å². The fourth-order valence-corrected chi connectivity index (χ4v) is 1.85. The van der Waals surface area contributed by atoms with Crippen LogP contribution in [0.1, 0.15) is 42.1 Å². The van der Waals surface area contributed by atoms with Crippen LogP contribution in [0.15, 0.2) is 12.1 Å². The zero-order valence-corrected chi connectivity index (χ0v) is 10.9. The summed E-state index contributed by atoms with van der Waals surface area (Å²) in [7, 11) is 0. The molecule has 86 valence electrons. The molecule has 0 fully saturated rings. The molecular formula is C15H21N. The van der Waals surface area contributed by atoms with E-state index in [1.54, 1.807) is 0 Å². The largest absolute Gasteiger partial charge is 0.300 e. The molecule has 0 saturated heterocycles. The van der Waals surface area contributed by atoms with Crippen molar-refractivity contribution in [3.05, 3.63) is 34.4 Å². The Kier molecular flexibility index (Phi) is 4.58. The third kappa shape index (κ3) is 3.12. The average Bonchev–Trinajstić information content (AvgIpc) is 2.23. The normalized spacial score (nSPS) is 11.8. The van der Waals surface area contributed by atoms with Gasteiger partial charge in [0.15, 0.2) is 0 Å². The number of hydrogen-bond donors (Lipinski definition) is 1. The number of rotatable bonds is 3. The topological polar surface area (TPSA) is 12.0 Å². The van der Waals surface area contributed by atoms with Gasteiger partial charge in [-0.15, -0.1) is 5.92 Å². The second-order valence-electron chi connectivity index (χ2n) is 4.32. The van der Waals surface area contributed by atoms with Crippen LogP contribution in [-0.2, 0) is 0 Å². The summed E-state index contributed by atoms with van der Waals surface area (Å²) in [6.45, 7) is 11.3. The molecule has 1 aromatic carbocycles. The van der Waals surface area contributed by atoms with Crippen LogP contribution in [0.5, 0.6) is 0 Å². The standard InChI is InChI=1S/C15H21N/c1-6-7-8-16-14(5)15-10-12(3)11(2)9-13(15)4/h9-10,14,16H,8H2,1-5H3. The zero-order chi connectivity index (χ0) is 12.1. The van der Waals surface area contributed by atoms with E-state index in [1.807, 2.05) is 6.92 Å². The Bertz CT molecular complexity index is 421. The van der Waals surface area contributed by atoms with Crippen LogP contribution in [0.3, 0.4) is 0 Å². The molecule has 0 aliphatic heterocycles. The third-order valence-electron chi connectivity index (χ3n) is 3.02. The molecule has 1 unspecified atom stereocenters. The molecule has 1 heteroatoms. The Morgan fingerprint density at radius 3 is 2.38 bits per heavy atom. The Balaban J connectivity index is 2.85. The number of aryl methyl sites for hydroxylation is 3. The van der Waals surface area contributed by atoms with Gasteiger partial charge in [0.25, 0.3) is 0 Å². The number of nitrogens with one attached hydrogen (secondary N) is 1. The lowest BCUT2D eigenvalue weighted by molar-refractivity contribution is 0.619. The van der Waals surface area contributed by atoms with E-state index >= 15 is 0 Å². The molecular weight excluding hydrogens is 194 g/mol. The number of benzene rings is 1. The average molecular weight is 215 g/mol. The van der Waals surface area contributed by atoms with Gasteiger partial charge in [-0.1, -0.05) is 18.1 Å². The van der Waals surface area contributed by atoms with E-state index in [-0.39, 0.29) is 0 Å². The third-order valence-corrected chi connectivity index (χ3v) is 3.02. The lowest BCUT2D eigenvalue weighted by Crippen LogP contribution is -2.19. The molecule has 0 saturated carbocycles. The second-order valence-corrected chi connectivity index (χ2v) is 4.32. The quantitative estimate of drug-likeness (QED) is 0.763. The van der Waals surface area contributed by atoms with Crippen molar-refractivity contribution in [3.63, 3.8) is 0 Å². The molecule has 1 N–H and O–H groups in total. The van der Waals surface area contributed by atoms with Crippen molar-refractivity contribution in [2.75, 3.05) is 6.54 Å². The molecule has 16 heavy (non-hydrogen) atoms. The summed E-state index contributed by atoms with van der Waals surface area (Å²) < 4.78 is 0. The summed E-state index contributed by atoms with van der Waals surface area (Å²) in [4.78, 5) is 0. The molecule has 0 bridgehead atoms. The lowest BCUT2D eigenvalue weighted by atomic mass is 9.96. The van der Waals surface area contributed by atoms with E-state index in [9.17, 15) is 0 Å². The fourth-order valence-electron chi connectivity index (χ4n) is 1.85. The highest BCUT2D eigenvalue weighted by Gasteiger charge is 2.08. The Morgan fingerprint density at radius 1 is 1.12 bits per heavy atom. The Hall–Kier alpha value is -1.26. The SMILES string of the molecule is CC#CCNC(C)c1cc(C)c(C)cc1C. The van der Waals surface area contributed by atoms with Gasteiger partial charge in [0.05, 0.1) is 6.54 Å². The van der Waals surface area contributed by atoms with Crippen LogP contribution < -0.4 is 5.32 Å². The predicted octanol–water partition coefficient (Wildman–Crippen LogP) is 3.29. The first-order chi connectivity index (χ1) is 7.56. The van der Waals surface area contributed by atoms with E-state index < -0.39 is 0 Å². The monoisotopic (exact) mass is 215 g/mol. The molecule has 0 aliphatic rings. The van der Waals surface area contributed by atoms with Gasteiger partial charge in [-0.05, 0) is 56.9 Å². The van der Waals surface area contributed by atoms with Crippen molar-refractivity contribution < 1.29 is 0 Å². The molecule has 0 amide bonds. The molecule has 1 rings (SSSR count). The molecule has 1 aromatic rings. The van der Waals surface area contributed by atoms with Gasteiger partial charge >= 0.3 is 0 Å². The summed E-state index contributed by atoms with van der Waals surface area (Å²) in [5.74, 6) is 5.93. The van der Waals surface area contributed by atoms with Crippen LogP contribution in [-0.4, -0.2) is 6.54 Å². The van der Waals surface area contributed by atoms with Gasteiger partial charge in [0.2, 0.25) is 0 Å². The van der Waals surface area contributed by atoms with Crippen LogP contribution in [0.2, 0.25) is 0 Å². The molecule has 0 aliphatic carbocycles. The van der Waals surface area contributed by atoms with Crippen molar-refractivity contribution in [1.82, 2.24) is 5.32 Å².